The van der Waals surface area contributed by atoms with Crippen molar-refractivity contribution in [3.63, 3.8) is 0 Å². The predicted octanol–water partition coefficient (Wildman–Crippen LogP) is 3.77. The topological polar surface area (TPSA) is 88.4 Å². The van der Waals surface area contributed by atoms with Crippen molar-refractivity contribution in [1.29, 1.82) is 0 Å². The Balaban J connectivity index is 1.92. The van der Waals surface area contributed by atoms with Crippen LogP contribution in [0.4, 0.5) is 0 Å². The molecule has 0 saturated carbocycles. The fourth-order valence-corrected chi connectivity index (χ4v) is 5.30. The molecule has 1 aliphatic heterocycles. The third-order valence-electron chi connectivity index (χ3n) is 5.89. The number of nitrogens with zero attached hydrogens (tertiary/aromatic N) is 2. The van der Waals surface area contributed by atoms with Gasteiger partial charge in [-0.3, -0.25) is 9.36 Å². The molecule has 9 heteroatoms. The quantitative estimate of drug-likeness (QED) is 0.291. The van der Waals surface area contributed by atoms with Crippen LogP contribution in [0.3, 0.4) is 0 Å². The zero-order valence-electron chi connectivity index (χ0n) is 21.9. The maximum Gasteiger partial charge on any atom is 0.338 e. The van der Waals surface area contributed by atoms with E-state index in [1.54, 1.807) is 43.7 Å². The van der Waals surface area contributed by atoms with Crippen LogP contribution in [0.25, 0.3) is 6.08 Å². The zero-order chi connectivity index (χ0) is 27.2. The Hall–Kier alpha value is -4.11. The highest BCUT2D eigenvalue weighted by Gasteiger charge is 2.33. The van der Waals surface area contributed by atoms with Gasteiger partial charge in [-0.1, -0.05) is 48.3 Å². The van der Waals surface area contributed by atoms with Crippen LogP contribution in [0.15, 0.2) is 76.2 Å². The molecule has 0 radical (unpaired) electrons. The Morgan fingerprint density at radius 1 is 1.13 bits per heavy atom. The number of benzene rings is 2. The number of esters is 1. The molecule has 0 amide bonds. The lowest BCUT2D eigenvalue weighted by atomic mass is 9.96. The number of hydrogen-bond acceptors (Lipinski definition) is 8. The van der Waals surface area contributed by atoms with Crippen molar-refractivity contribution in [2.45, 2.75) is 26.8 Å². The van der Waals surface area contributed by atoms with Crippen molar-refractivity contribution in [3.8, 4) is 17.2 Å². The highest BCUT2D eigenvalue weighted by atomic mass is 32.1. The number of aromatic nitrogens is 1. The standard InChI is InChI=1S/C29H30N2O6S/c1-6-16-37-26-20(10-9-11-22(26)34-5)17-23-27(32)31-25(19-12-14-21(15-13-19)35-7-2)24(28(33)36-8-3)18(4)30-29(31)38-23/h6,9-15,17,25H,1,7-8,16H2,2-5H3/b23-17-/t25-/m0/s1. The number of rotatable bonds is 10. The average Bonchev–Trinajstić information content (AvgIpc) is 3.21. The molecule has 0 aliphatic carbocycles. The normalized spacial score (nSPS) is 14.9. The second-order valence-corrected chi connectivity index (χ2v) is 9.29. The number of thiazole rings is 1. The molecule has 198 valence electrons. The molecule has 4 rings (SSSR count). The van der Waals surface area contributed by atoms with Crippen LogP contribution in [0.5, 0.6) is 17.2 Å². The van der Waals surface area contributed by atoms with Crippen LogP contribution < -0.4 is 29.1 Å². The number of methoxy groups -OCH3 is 1. The van der Waals surface area contributed by atoms with Crippen molar-refractivity contribution in [2.75, 3.05) is 26.9 Å². The number of carbonyl (C=O) groups excluding carboxylic acids is 1. The van der Waals surface area contributed by atoms with Crippen LogP contribution in [-0.4, -0.2) is 37.5 Å². The van der Waals surface area contributed by atoms with Gasteiger partial charge in [0.15, 0.2) is 16.3 Å². The van der Waals surface area contributed by atoms with E-state index >= 15 is 0 Å². The molecule has 0 bridgehead atoms. The Bertz CT molecular complexity index is 1550. The molecule has 2 heterocycles. The number of para-hydroxylation sites is 1. The summed E-state index contributed by atoms with van der Waals surface area (Å²) in [6.07, 6.45) is 3.39. The first-order chi connectivity index (χ1) is 18.4. The minimum absolute atomic E-state index is 0.208. The molecule has 2 aromatic carbocycles. The van der Waals surface area contributed by atoms with Gasteiger partial charge in [0.25, 0.3) is 5.56 Å². The number of fused-ring (bicyclic) bond motifs is 1. The van der Waals surface area contributed by atoms with Crippen molar-refractivity contribution in [1.82, 2.24) is 4.57 Å². The molecule has 0 N–H and O–H groups in total. The maximum absolute atomic E-state index is 13.9. The molecule has 0 spiro atoms. The third kappa shape index (κ3) is 5.28. The molecule has 0 fully saturated rings. The molecular weight excluding hydrogens is 504 g/mol. The SMILES string of the molecule is C=CCOc1c(/C=c2\sc3n(c2=O)[C@@H](c2ccc(OCC)cc2)C(C(=O)OCC)=C(C)N=3)cccc1OC. The van der Waals surface area contributed by atoms with Gasteiger partial charge in [0.2, 0.25) is 0 Å². The second-order valence-electron chi connectivity index (χ2n) is 8.28. The molecule has 3 aromatic rings. The summed E-state index contributed by atoms with van der Waals surface area (Å²) in [7, 11) is 1.56. The van der Waals surface area contributed by atoms with Crippen molar-refractivity contribution in [2.24, 2.45) is 4.99 Å². The summed E-state index contributed by atoms with van der Waals surface area (Å²) in [5.41, 5.74) is 1.97. The first-order valence-electron chi connectivity index (χ1n) is 12.3. The summed E-state index contributed by atoms with van der Waals surface area (Å²) in [6.45, 7) is 10.1. The molecule has 38 heavy (non-hydrogen) atoms. The van der Waals surface area contributed by atoms with Gasteiger partial charge in [-0.05, 0) is 50.6 Å². The van der Waals surface area contributed by atoms with E-state index < -0.39 is 12.0 Å². The summed E-state index contributed by atoms with van der Waals surface area (Å²) in [5.74, 6) is 1.25. The summed E-state index contributed by atoms with van der Waals surface area (Å²) >= 11 is 1.24. The number of allylic oxidation sites excluding steroid dienone is 1. The molecule has 0 unspecified atom stereocenters. The van der Waals surface area contributed by atoms with Crippen LogP contribution >= 0.6 is 11.3 Å². The average molecular weight is 535 g/mol. The predicted molar refractivity (Wildman–Crippen MR) is 147 cm³/mol. The second kappa shape index (κ2) is 12.0. The molecule has 1 atom stereocenters. The lowest BCUT2D eigenvalue weighted by molar-refractivity contribution is -0.139. The monoisotopic (exact) mass is 534 g/mol. The first kappa shape index (κ1) is 26.9. The summed E-state index contributed by atoms with van der Waals surface area (Å²) in [4.78, 5) is 32.1. The maximum atomic E-state index is 13.9. The Morgan fingerprint density at radius 2 is 1.89 bits per heavy atom. The lowest BCUT2D eigenvalue weighted by Crippen LogP contribution is -2.39. The van der Waals surface area contributed by atoms with Crippen molar-refractivity contribution < 1.29 is 23.7 Å². The fourth-order valence-electron chi connectivity index (χ4n) is 4.27. The smallest absolute Gasteiger partial charge is 0.338 e. The van der Waals surface area contributed by atoms with Crippen molar-refractivity contribution >= 4 is 23.4 Å². The Morgan fingerprint density at radius 3 is 2.55 bits per heavy atom. The first-order valence-corrected chi connectivity index (χ1v) is 13.1. The zero-order valence-corrected chi connectivity index (χ0v) is 22.7. The third-order valence-corrected chi connectivity index (χ3v) is 6.87. The van der Waals surface area contributed by atoms with Gasteiger partial charge >= 0.3 is 5.97 Å². The number of hydrogen-bond donors (Lipinski definition) is 0. The van der Waals surface area contributed by atoms with E-state index in [2.05, 4.69) is 11.6 Å². The fraction of sp³-hybridized carbons (Fsp3) is 0.276. The van der Waals surface area contributed by atoms with Gasteiger partial charge in [-0.2, -0.15) is 0 Å². The van der Waals surface area contributed by atoms with Crippen molar-refractivity contribution in [3.05, 3.63) is 97.2 Å². The van der Waals surface area contributed by atoms with Gasteiger partial charge in [0, 0.05) is 5.56 Å². The number of carbonyl (C=O) groups is 1. The number of ether oxygens (including phenoxy) is 4. The summed E-state index contributed by atoms with van der Waals surface area (Å²) in [5, 5.41) is 0. The van der Waals surface area contributed by atoms with E-state index in [0.717, 1.165) is 5.56 Å². The highest BCUT2D eigenvalue weighted by molar-refractivity contribution is 7.07. The lowest BCUT2D eigenvalue weighted by Gasteiger charge is -2.24. The van der Waals surface area contributed by atoms with Gasteiger partial charge in [0.05, 0.1) is 42.2 Å². The van der Waals surface area contributed by atoms with E-state index in [0.29, 0.717) is 50.0 Å². The molecule has 1 aromatic heterocycles. The van der Waals surface area contributed by atoms with Gasteiger partial charge < -0.3 is 18.9 Å². The Kier molecular flexibility index (Phi) is 8.48. The summed E-state index contributed by atoms with van der Waals surface area (Å²) < 4.78 is 24.3. The summed E-state index contributed by atoms with van der Waals surface area (Å²) in [6, 6.07) is 12.1. The van der Waals surface area contributed by atoms with E-state index in [9.17, 15) is 9.59 Å². The van der Waals surface area contributed by atoms with Gasteiger partial charge in [-0.15, -0.1) is 0 Å². The minimum atomic E-state index is -0.704. The van der Waals surface area contributed by atoms with Crippen LogP contribution in [0, 0.1) is 0 Å². The van der Waals surface area contributed by atoms with Gasteiger partial charge in [0.1, 0.15) is 12.4 Å². The van der Waals surface area contributed by atoms with Crippen LogP contribution in [-0.2, 0) is 9.53 Å². The molecule has 0 saturated heterocycles. The highest BCUT2D eigenvalue weighted by Crippen LogP contribution is 2.33. The van der Waals surface area contributed by atoms with E-state index in [1.807, 2.05) is 43.3 Å². The van der Waals surface area contributed by atoms with E-state index in [1.165, 1.54) is 11.3 Å². The Labute approximate surface area is 224 Å². The minimum Gasteiger partial charge on any atom is -0.494 e. The largest absolute Gasteiger partial charge is 0.494 e. The van der Waals surface area contributed by atoms with E-state index in [4.69, 9.17) is 18.9 Å². The van der Waals surface area contributed by atoms with Crippen LogP contribution in [0.1, 0.15) is 37.9 Å². The molecule has 8 nitrogen and oxygen atoms in total. The molecular formula is C29H30N2O6S. The van der Waals surface area contributed by atoms with E-state index in [-0.39, 0.29) is 18.8 Å². The molecule has 1 aliphatic rings. The van der Waals surface area contributed by atoms with Gasteiger partial charge in [-0.25, -0.2) is 9.79 Å². The van der Waals surface area contributed by atoms with Crippen LogP contribution in [0.2, 0.25) is 0 Å².